The van der Waals surface area contributed by atoms with Crippen molar-refractivity contribution in [1.29, 1.82) is 5.26 Å². The second kappa shape index (κ2) is 6.20. The summed E-state index contributed by atoms with van der Waals surface area (Å²) in [6, 6.07) is 8.89. The van der Waals surface area contributed by atoms with Gasteiger partial charge >= 0.3 is 0 Å². The molecule has 1 fully saturated rings. The molecule has 1 atom stereocenters. The minimum Gasteiger partial charge on any atom is -0.342 e. The molecule has 5 heteroatoms. The Balaban J connectivity index is 1.87. The lowest BCUT2D eigenvalue weighted by Gasteiger charge is -2.15. The third kappa shape index (κ3) is 3.35. The van der Waals surface area contributed by atoms with Crippen LogP contribution in [0.1, 0.15) is 25.3 Å². The van der Waals surface area contributed by atoms with E-state index in [1.54, 1.807) is 29.2 Å². The zero-order valence-electron chi connectivity index (χ0n) is 11.4. The summed E-state index contributed by atoms with van der Waals surface area (Å²) >= 11 is 0. The van der Waals surface area contributed by atoms with E-state index < -0.39 is 0 Å². The molecular weight excluding hydrogens is 254 g/mol. The van der Waals surface area contributed by atoms with Crippen LogP contribution in [0.15, 0.2) is 24.3 Å². The number of carbonyl (C=O) groups is 2. The fourth-order valence-corrected chi connectivity index (χ4v) is 2.32. The third-order valence-corrected chi connectivity index (χ3v) is 3.34. The minimum absolute atomic E-state index is 0.114. The molecule has 0 aromatic heterocycles. The van der Waals surface area contributed by atoms with Crippen LogP contribution >= 0.6 is 0 Å². The molecule has 1 aliphatic rings. The highest BCUT2D eigenvalue weighted by atomic mass is 16.2. The molecule has 1 saturated heterocycles. The maximum Gasteiger partial charge on any atom is 0.226 e. The second-order valence-electron chi connectivity index (χ2n) is 5.10. The highest BCUT2D eigenvalue weighted by molar-refractivity contribution is 5.92. The van der Waals surface area contributed by atoms with Crippen LogP contribution in [0.25, 0.3) is 0 Å². The molecule has 0 spiro atoms. The Morgan fingerprint density at radius 2 is 2.25 bits per heavy atom. The molecule has 2 amide bonds. The zero-order valence-corrected chi connectivity index (χ0v) is 11.4. The first-order valence-corrected chi connectivity index (χ1v) is 6.67. The number of hydrogen-bond donors (Lipinski definition) is 1. The Morgan fingerprint density at radius 3 is 2.90 bits per heavy atom. The monoisotopic (exact) mass is 271 g/mol. The van der Waals surface area contributed by atoms with Gasteiger partial charge in [0.1, 0.15) is 6.07 Å². The molecule has 0 saturated carbocycles. The van der Waals surface area contributed by atoms with E-state index in [1.807, 2.05) is 13.0 Å². The fraction of sp³-hybridized carbons (Fsp3) is 0.400. The molecule has 0 aliphatic carbocycles. The number of nitriles is 1. The number of likely N-dealkylation sites (tertiary alicyclic amines) is 1. The molecule has 104 valence electrons. The van der Waals surface area contributed by atoms with E-state index in [2.05, 4.69) is 5.32 Å². The van der Waals surface area contributed by atoms with Crippen LogP contribution in [0.2, 0.25) is 0 Å². The number of carbonyl (C=O) groups excluding carboxylic acids is 2. The summed E-state index contributed by atoms with van der Waals surface area (Å²) in [5, 5.41) is 11.7. The van der Waals surface area contributed by atoms with Crippen molar-refractivity contribution in [3.05, 3.63) is 29.8 Å². The van der Waals surface area contributed by atoms with Gasteiger partial charge in [0.25, 0.3) is 0 Å². The third-order valence-electron chi connectivity index (χ3n) is 3.34. The van der Waals surface area contributed by atoms with Crippen molar-refractivity contribution in [2.75, 3.05) is 18.4 Å². The van der Waals surface area contributed by atoms with E-state index in [0.29, 0.717) is 30.1 Å². The molecule has 1 aromatic carbocycles. The van der Waals surface area contributed by atoms with Gasteiger partial charge in [0.2, 0.25) is 11.8 Å². The van der Waals surface area contributed by atoms with E-state index >= 15 is 0 Å². The number of hydrogen-bond acceptors (Lipinski definition) is 3. The number of nitrogens with one attached hydrogen (secondary N) is 1. The van der Waals surface area contributed by atoms with E-state index in [9.17, 15) is 9.59 Å². The molecule has 5 nitrogen and oxygen atoms in total. The molecule has 20 heavy (non-hydrogen) atoms. The highest BCUT2D eigenvalue weighted by Gasteiger charge is 2.26. The summed E-state index contributed by atoms with van der Waals surface area (Å²) in [5.41, 5.74) is 0.952. The maximum atomic E-state index is 11.9. The molecule has 1 unspecified atom stereocenters. The lowest BCUT2D eigenvalue weighted by molar-refractivity contribution is -0.128. The molecule has 1 aliphatic heterocycles. The average molecular weight is 271 g/mol. The van der Waals surface area contributed by atoms with Crippen molar-refractivity contribution in [2.24, 2.45) is 5.92 Å². The van der Waals surface area contributed by atoms with Gasteiger partial charge in [-0.25, -0.2) is 0 Å². The fourth-order valence-electron chi connectivity index (χ4n) is 2.32. The molecule has 2 rings (SSSR count). The van der Waals surface area contributed by atoms with E-state index in [4.69, 9.17) is 5.26 Å². The van der Waals surface area contributed by atoms with E-state index in [0.717, 1.165) is 6.54 Å². The van der Waals surface area contributed by atoms with Crippen LogP contribution < -0.4 is 5.32 Å². The number of rotatable bonds is 4. The lowest BCUT2D eigenvalue weighted by Crippen LogP contribution is -2.29. The van der Waals surface area contributed by atoms with Gasteiger partial charge in [0.15, 0.2) is 0 Å². The second-order valence-corrected chi connectivity index (χ2v) is 5.10. The Bertz CT molecular complexity index is 562. The van der Waals surface area contributed by atoms with Gasteiger partial charge in [-0.3, -0.25) is 9.59 Å². The predicted octanol–water partition coefficient (Wildman–Crippen LogP) is 1.76. The predicted molar refractivity (Wildman–Crippen MR) is 74.8 cm³/mol. The summed E-state index contributed by atoms with van der Waals surface area (Å²) in [7, 11) is 0. The van der Waals surface area contributed by atoms with E-state index in [1.165, 1.54) is 0 Å². The first-order chi connectivity index (χ1) is 9.60. The van der Waals surface area contributed by atoms with Crippen molar-refractivity contribution in [3.63, 3.8) is 0 Å². The topological polar surface area (TPSA) is 73.2 Å². The van der Waals surface area contributed by atoms with Crippen molar-refractivity contribution in [2.45, 2.75) is 19.8 Å². The minimum atomic E-state index is -0.181. The van der Waals surface area contributed by atoms with Crippen LogP contribution in [0.3, 0.4) is 0 Å². The van der Waals surface area contributed by atoms with Crippen LogP contribution in [-0.4, -0.2) is 29.8 Å². The van der Waals surface area contributed by atoms with Crippen molar-refractivity contribution in [3.8, 4) is 6.07 Å². The number of benzene rings is 1. The molecule has 0 radical (unpaired) electrons. The van der Waals surface area contributed by atoms with Crippen LogP contribution in [0.5, 0.6) is 0 Å². The number of para-hydroxylation sites is 1. The van der Waals surface area contributed by atoms with Gasteiger partial charge in [-0.2, -0.15) is 5.26 Å². The van der Waals surface area contributed by atoms with Gasteiger partial charge in [-0.15, -0.1) is 0 Å². The maximum absolute atomic E-state index is 11.9. The van der Waals surface area contributed by atoms with Crippen molar-refractivity contribution in [1.82, 2.24) is 4.90 Å². The van der Waals surface area contributed by atoms with Gasteiger partial charge in [0, 0.05) is 25.9 Å². The molecule has 1 N–H and O–H groups in total. The lowest BCUT2D eigenvalue weighted by atomic mass is 10.2. The van der Waals surface area contributed by atoms with Crippen molar-refractivity contribution < 1.29 is 9.59 Å². The standard InChI is InChI=1S/C15H17N3O2/c1-11-8-15(20)18(10-11)7-6-14(19)17-13-5-3-2-4-12(13)9-16/h2-5,11H,6-8,10H2,1H3,(H,17,19). The summed E-state index contributed by atoms with van der Waals surface area (Å²) in [5.74, 6) is 0.299. The Hall–Kier alpha value is -2.35. The van der Waals surface area contributed by atoms with Gasteiger partial charge in [-0.1, -0.05) is 19.1 Å². The number of amides is 2. The summed E-state index contributed by atoms with van der Waals surface area (Å²) in [4.78, 5) is 25.2. The normalized spacial score (nSPS) is 17.9. The quantitative estimate of drug-likeness (QED) is 0.906. The Morgan fingerprint density at radius 1 is 1.50 bits per heavy atom. The number of anilines is 1. The van der Waals surface area contributed by atoms with Gasteiger partial charge in [-0.05, 0) is 18.1 Å². The SMILES string of the molecule is CC1CC(=O)N(CCC(=O)Nc2ccccc2C#N)C1. The largest absolute Gasteiger partial charge is 0.342 e. The average Bonchev–Trinajstić information content (AvgIpc) is 2.75. The van der Waals surface area contributed by atoms with E-state index in [-0.39, 0.29) is 18.2 Å². The molecule has 1 aromatic rings. The Labute approximate surface area is 118 Å². The zero-order chi connectivity index (χ0) is 14.5. The molecular formula is C15H17N3O2. The number of nitrogens with zero attached hydrogens (tertiary/aromatic N) is 2. The van der Waals surface area contributed by atoms with Crippen LogP contribution in [-0.2, 0) is 9.59 Å². The summed E-state index contributed by atoms with van der Waals surface area (Å²) in [6.07, 6.45) is 0.817. The van der Waals surface area contributed by atoms with Crippen molar-refractivity contribution >= 4 is 17.5 Å². The highest BCUT2D eigenvalue weighted by Crippen LogP contribution is 2.17. The van der Waals surface area contributed by atoms with Crippen LogP contribution in [0.4, 0.5) is 5.69 Å². The van der Waals surface area contributed by atoms with Gasteiger partial charge in [0.05, 0.1) is 11.3 Å². The first kappa shape index (κ1) is 14.1. The molecule has 0 bridgehead atoms. The van der Waals surface area contributed by atoms with Gasteiger partial charge < -0.3 is 10.2 Å². The Kier molecular flexibility index (Phi) is 4.36. The van der Waals surface area contributed by atoms with Crippen LogP contribution in [0, 0.1) is 17.2 Å². The summed E-state index contributed by atoms with van der Waals surface area (Å²) < 4.78 is 0. The smallest absolute Gasteiger partial charge is 0.226 e. The summed E-state index contributed by atoms with van der Waals surface area (Å²) in [6.45, 7) is 3.19. The first-order valence-electron chi connectivity index (χ1n) is 6.67. The molecule has 1 heterocycles.